The molecule has 0 aliphatic heterocycles. The molecular formula is C23H29N3O5S2. The van der Waals surface area contributed by atoms with Gasteiger partial charge in [0.2, 0.25) is 11.8 Å². The number of benzene rings is 1. The molecule has 10 heteroatoms. The van der Waals surface area contributed by atoms with Crippen molar-refractivity contribution in [2.24, 2.45) is 0 Å². The van der Waals surface area contributed by atoms with Gasteiger partial charge in [-0.3, -0.25) is 4.79 Å². The quantitative estimate of drug-likeness (QED) is 0.299. The van der Waals surface area contributed by atoms with E-state index in [1.165, 1.54) is 11.3 Å². The summed E-state index contributed by atoms with van der Waals surface area (Å²) in [5.74, 6) is 2.70. The lowest BCUT2D eigenvalue weighted by Gasteiger charge is -2.14. The van der Waals surface area contributed by atoms with E-state index in [-0.39, 0.29) is 24.3 Å². The predicted octanol–water partition coefficient (Wildman–Crippen LogP) is 4.90. The molecule has 33 heavy (non-hydrogen) atoms. The zero-order chi connectivity index (χ0) is 23.8. The molecule has 3 rings (SSSR count). The Bertz CT molecular complexity index is 1020. The van der Waals surface area contributed by atoms with Crippen molar-refractivity contribution in [1.82, 2.24) is 9.97 Å². The van der Waals surface area contributed by atoms with Gasteiger partial charge in [0.1, 0.15) is 18.1 Å². The highest BCUT2D eigenvalue weighted by molar-refractivity contribution is 8.00. The third kappa shape index (κ3) is 7.85. The maximum Gasteiger partial charge on any atom is 0.230 e. The summed E-state index contributed by atoms with van der Waals surface area (Å²) in [6, 6.07) is 7.34. The molecule has 0 unspecified atom stereocenters. The number of carbonyl (C=O) groups is 1. The van der Waals surface area contributed by atoms with Crippen LogP contribution in [0.15, 0.2) is 45.3 Å². The van der Waals surface area contributed by atoms with Gasteiger partial charge in [-0.2, -0.15) is 0 Å². The summed E-state index contributed by atoms with van der Waals surface area (Å²) in [5, 5.41) is 3.42. The predicted molar refractivity (Wildman–Crippen MR) is 129 cm³/mol. The molecule has 0 bridgehead atoms. The summed E-state index contributed by atoms with van der Waals surface area (Å²) in [4.78, 5) is 21.0. The lowest BCUT2D eigenvalue weighted by molar-refractivity contribution is -0.121. The number of hydrogen-bond donors (Lipinski definition) is 1. The van der Waals surface area contributed by atoms with Crippen molar-refractivity contribution in [2.75, 3.05) is 26.1 Å². The number of amides is 1. The summed E-state index contributed by atoms with van der Waals surface area (Å²) >= 11 is 3.00. The van der Waals surface area contributed by atoms with E-state index in [2.05, 4.69) is 36.1 Å². The maximum absolute atomic E-state index is 12.4. The van der Waals surface area contributed by atoms with Crippen molar-refractivity contribution in [3.05, 3.63) is 53.9 Å². The van der Waals surface area contributed by atoms with Crippen LogP contribution in [0.5, 0.6) is 5.75 Å². The van der Waals surface area contributed by atoms with Gasteiger partial charge < -0.3 is 23.9 Å². The van der Waals surface area contributed by atoms with E-state index in [0.29, 0.717) is 22.5 Å². The van der Waals surface area contributed by atoms with Crippen LogP contribution in [-0.2, 0) is 31.9 Å². The summed E-state index contributed by atoms with van der Waals surface area (Å²) in [7, 11) is 3.12. The number of thiazole rings is 1. The molecule has 0 aliphatic rings. The van der Waals surface area contributed by atoms with Crippen LogP contribution in [0.1, 0.15) is 38.0 Å². The molecule has 0 atom stereocenters. The average molecular weight is 492 g/mol. The Labute approximate surface area is 202 Å². The Morgan fingerprint density at radius 2 is 1.88 bits per heavy atom. The fourth-order valence-electron chi connectivity index (χ4n) is 2.69. The number of nitrogens with zero attached hydrogens (tertiary/aromatic N) is 2. The first kappa shape index (κ1) is 25.2. The first-order chi connectivity index (χ1) is 15.8. The highest BCUT2D eigenvalue weighted by Crippen LogP contribution is 2.31. The Morgan fingerprint density at radius 1 is 1.15 bits per heavy atom. The molecule has 1 amide bonds. The van der Waals surface area contributed by atoms with Crippen LogP contribution in [-0.4, -0.2) is 43.0 Å². The van der Waals surface area contributed by atoms with Gasteiger partial charge in [0.05, 0.1) is 28.8 Å². The largest absolute Gasteiger partial charge is 0.488 e. The minimum Gasteiger partial charge on any atom is -0.488 e. The molecule has 0 saturated heterocycles. The maximum atomic E-state index is 12.4. The normalized spacial score (nSPS) is 11.7. The number of aromatic nitrogens is 2. The lowest BCUT2D eigenvalue weighted by atomic mass is 9.94. The molecule has 0 radical (unpaired) electrons. The zero-order valence-electron chi connectivity index (χ0n) is 19.4. The molecule has 1 aromatic carbocycles. The number of ether oxygens (including phenoxy) is 3. The Balaban J connectivity index is 1.45. The van der Waals surface area contributed by atoms with E-state index in [9.17, 15) is 4.79 Å². The Kier molecular flexibility index (Phi) is 8.90. The number of hydrogen-bond acceptors (Lipinski definition) is 9. The van der Waals surface area contributed by atoms with E-state index in [0.717, 1.165) is 15.5 Å². The van der Waals surface area contributed by atoms with Crippen LogP contribution >= 0.6 is 23.1 Å². The summed E-state index contributed by atoms with van der Waals surface area (Å²) in [6.07, 6.45) is 3.35. The van der Waals surface area contributed by atoms with Crippen LogP contribution in [0, 0.1) is 0 Å². The highest BCUT2D eigenvalue weighted by Gasteiger charge is 2.19. The smallest absolute Gasteiger partial charge is 0.230 e. The lowest BCUT2D eigenvalue weighted by Crippen LogP contribution is -2.22. The van der Waals surface area contributed by atoms with Gasteiger partial charge in [0.15, 0.2) is 11.4 Å². The van der Waals surface area contributed by atoms with Crippen LogP contribution < -0.4 is 10.1 Å². The number of methoxy groups -OCH3 is 2. The molecule has 0 aliphatic carbocycles. The minimum absolute atomic E-state index is 0.0672. The average Bonchev–Trinajstić information content (AvgIpc) is 3.43. The fraction of sp³-hybridized carbons (Fsp3) is 0.435. The van der Waals surface area contributed by atoms with Crippen molar-refractivity contribution in [1.29, 1.82) is 0 Å². The molecule has 3 aromatic rings. The number of anilines is 1. The molecule has 1 N–H and O–H groups in total. The van der Waals surface area contributed by atoms with Crippen molar-refractivity contribution in [3.63, 3.8) is 0 Å². The number of nitrogens with one attached hydrogen (secondary N) is 1. The van der Waals surface area contributed by atoms with Gasteiger partial charge in [-0.25, -0.2) is 9.97 Å². The first-order valence-corrected chi connectivity index (χ1v) is 12.2. The second-order valence-electron chi connectivity index (χ2n) is 8.22. The minimum atomic E-state index is -0.423. The summed E-state index contributed by atoms with van der Waals surface area (Å²) in [6.45, 7) is 6.55. The van der Waals surface area contributed by atoms with E-state index in [1.807, 2.05) is 24.3 Å². The van der Waals surface area contributed by atoms with E-state index >= 15 is 0 Å². The van der Waals surface area contributed by atoms with E-state index < -0.39 is 6.29 Å². The van der Waals surface area contributed by atoms with Gasteiger partial charge in [-0.05, 0) is 17.7 Å². The van der Waals surface area contributed by atoms with Gasteiger partial charge in [0, 0.05) is 19.6 Å². The van der Waals surface area contributed by atoms with Gasteiger partial charge in [0.25, 0.3) is 0 Å². The van der Waals surface area contributed by atoms with Crippen molar-refractivity contribution in [3.8, 4) is 5.75 Å². The molecule has 2 aromatic heterocycles. The molecule has 0 fully saturated rings. The van der Waals surface area contributed by atoms with Gasteiger partial charge in [-0.1, -0.05) is 44.2 Å². The molecule has 8 nitrogen and oxygen atoms in total. The second kappa shape index (κ2) is 11.6. The van der Waals surface area contributed by atoms with Gasteiger partial charge >= 0.3 is 0 Å². The first-order valence-electron chi connectivity index (χ1n) is 10.4. The van der Waals surface area contributed by atoms with E-state index in [4.69, 9.17) is 18.6 Å². The van der Waals surface area contributed by atoms with Crippen molar-refractivity contribution in [2.45, 2.75) is 48.9 Å². The highest BCUT2D eigenvalue weighted by atomic mass is 32.2. The SMILES string of the molecule is COC(COc1ccc(CC(=O)Nc2ncc(SCc3ncc(C(C)(C)C)o3)s2)cc1)OC. The van der Waals surface area contributed by atoms with Gasteiger partial charge in [-0.15, -0.1) is 11.8 Å². The zero-order valence-corrected chi connectivity index (χ0v) is 21.0. The third-order valence-corrected chi connectivity index (χ3v) is 6.65. The molecule has 2 heterocycles. The standard InChI is InChI=1S/C23H29N3O5S2/c1-23(2,3)17-11-24-19(31-17)14-32-21-12-25-22(33-21)26-18(27)10-15-6-8-16(9-7-15)30-13-20(28-4)29-5/h6-9,11-12,20H,10,13-14H2,1-5H3,(H,25,26,27). The number of oxazole rings is 1. The summed E-state index contributed by atoms with van der Waals surface area (Å²) < 4.78 is 22.6. The van der Waals surface area contributed by atoms with E-state index in [1.54, 1.807) is 38.4 Å². The third-order valence-electron chi connectivity index (χ3n) is 4.56. The monoisotopic (exact) mass is 491 g/mol. The molecule has 0 spiro atoms. The number of rotatable bonds is 11. The molecule has 0 saturated carbocycles. The Morgan fingerprint density at radius 3 is 2.52 bits per heavy atom. The van der Waals surface area contributed by atoms with Crippen molar-refractivity contribution < 1.29 is 23.4 Å². The molecule has 178 valence electrons. The van der Waals surface area contributed by atoms with Crippen LogP contribution in [0.4, 0.5) is 5.13 Å². The molecular weight excluding hydrogens is 462 g/mol. The fourth-order valence-corrected chi connectivity index (χ4v) is 4.43. The second-order valence-corrected chi connectivity index (χ2v) is 10.5. The summed E-state index contributed by atoms with van der Waals surface area (Å²) in [5.41, 5.74) is 0.807. The topological polar surface area (TPSA) is 95.7 Å². The number of carbonyl (C=O) groups excluding carboxylic acids is 1. The van der Waals surface area contributed by atoms with Crippen LogP contribution in [0.25, 0.3) is 0 Å². The van der Waals surface area contributed by atoms with Crippen LogP contribution in [0.2, 0.25) is 0 Å². The number of thioether (sulfide) groups is 1. The Hall–Kier alpha value is -2.40. The van der Waals surface area contributed by atoms with Crippen molar-refractivity contribution >= 4 is 34.1 Å². The van der Waals surface area contributed by atoms with Crippen LogP contribution in [0.3, 0.4) is 0 Å².